The van der Waals surface area contributed by atoms with Crippen molar-refractivity contribution in [2.45, 2.75) is 24.8 Å². The van der Waals surface area contributed by atoms with Crippen molar-refractivity contribution in [1.29, 1.82) is 0 Å². The summed E-state index contributed by atoms with van der Waals surface area (Å²) in [7, 11) is 0. The van der Waals surface area contributed by atoms with Crippen LogP contribution in [0.3, 0.4) is 0 Å². The van der Waals surface area contributed by atoms with E-state index >= 15 is 0 Å². The summed E-state index contributed by atoms with van der Waals surface area (Å²) in [5.41, 5.74) is 6.23. The van der Waals surface area contributed by atoms with E-state index in [1.54, 1.807) is 0 Å². The van der Waals surface area contributed by atoms with Crippen molar-refractivity contribution in [1.82, 2.24) is 0 Å². The zero-order chi connectivity index (χ0) is 10.3. The quantitative estimate of drug-likeness (QED) is 0.773. The molecule has 0 saturated heterocycles. The molecule has 1 aromatic carbocycles. The summed E-state index contributed by atoms with van der Waals surface area (Å²) in [6.45, 7) is 0. The Labute approximate surface area is 89.4 Å². The van der Waals surface area contributed by atoms with Gasteiger partial charge in [-0.1, -0.05) is 15.9 Å². The van der Waals surface area contributed by atoms with Crippen molar-refractivity contribution in [3.63, 3.8) is 0 Å². The average molecular weight is 262 g/mol. The van der Waals surface area contributed by atoms with Gasteiger partial charge in [-0.25, -0.2) is 8.78 Å². The molecule has 1 nitrogen and oxygen atoms in total. The molecule has 0 amide bonds. The molecule has 14 heavy (non-hydrogen) atoms. The monoisotopic (exact) mass is 261 g/mol. The van der Waals surface area contributed by atoms with Crippen LogP contribution in [0, 0.1) is 11.6 Å². The normalized spacial score (nSPS) is 19.1. The van der Waals surface area contributed by atoms with Crippen LogP contribution in [0.4, 0.5) is 8.78 Å². The fraction of sp³-hybridized carbons (Fsp3) is 0.400. The first-order valence-electron chi connectivity index (χ1n) is 4.47. The molecule has 0 aromatic heterocycles. The van der Waals surface area contributed by atoms with Crippen LogP contribution in [0.15, 0.2) is 16.6 Å². The van der Waals surface area contributed by atoms with Crippen LogP contribution in [0.5, 0.6) is 0 Å². The van der Waals surface area contributed by atoms with Gasteiger partial charge in [-0.3, -0.25) is 0 Å². The molecule has 2 rings (SSSR count). The summed E-state index contributed by atoms with van der Waals surface area (Å²) < 4.78 is 26.4. The molecule has 2 N–H and O–H groups in total. The van der Waals surface area contributed by atoms with Gasteiger partial charge in [0.1, 0.15) is 0 Å². The van der Waals surface area contributed by atoms with Gasteiger partial charge in [0.25, 0.3) is 0 Å². The van der Waals surface area contributed by atoms with E-state index in [9.17, 15) is 8.78 Å². The second-order valence-electron chi connectivity index (χ2n) is 3.76. The molecule has 1 aliphatic rings. The van der Waals surface area contributed by atoms with Crippen LogP contribution in [-0.2, 0) is 5.54 Å². The van der Waals surface area contributed by atoms with Crippen LogP contribution in [-0.4, -0.2) is 0 Å². The maximum absolute atomic E-state index is 13.0. The highest BCUT2D eigenvalue weighted by atomic mass is 79.9. The number of hydrogen-bond donors (Lipinski definition) is 1. The first-order valence-corrected chi connectivity index (χ1v) is 5.26. The molecule has 0 aliphatic heterocycles. The van der Waals surface area contributed by atoms with Gasteiger partial charge in [0.2, 0.25) is 0 Å². The van der Waals surface area contributed by atoms with Gasteiger partial charge in [-0.15, -0.1) is 0 Å². The third-order valence-electron chi connectivity index (χ3n) is 2.79. The highest BCUT2D eigenvalue weighted by Crippen LogP contribution is 2.42. The Hall–Kier alpha value is -0.480. The number of nitrogens with two attached hydrogens (primary N) is 1. The maximum Gasteiger partial charge on any atom is 0.159 e. The third kappa shape index (κ3) is 1.46. The van der Waals surface area contributed by atoms with Gasteiger partial charge in [0.05, 0.1) is 0 Å². The van der Waals surface area contributed by atoms with Gasteiger partial charge in [-0.05, 0) is 37.0 Å². The molecule has 1 fully saturated rings. The molecule has 0 unspecified atom stereocenters. The maximum atomic E-state index is 13.0. The Morgan fingerprint density at radius 1 is 1.21 bits per heavy atom. The van der Waals surface area contributed by atoms with E-state index in [0.717, 1.165) is 25.3 Å². The summed E-state index contributed by atoms with van der Waals surface area (Å²) >= 11 is 3.21. The summed E-state index contributed by atoms with van der Waals surface area (Å²) in [6, 6.07) is 2.33. The minimum atomic E-state index is -0.844. The number of hydrogen-bond acceptors (Lipinski definition) is 1. The Morgan fingerprint density at radius 3 is 2.29 bits per heavy atom. The lowest BCUT2D eigenvalue weighted by molar-refractivity contribution is 0.251. The predicted molar refractivity (Wildman–Crippen MR) is 53.8 cm³/mol. The minimum absolute atomic E-state index is 0.465. The SMILES string of the molecule is NC1(c2cc(F)c(F)cc2Br)CCC1. The van der Waals surface area contributed by atoms with E-state index in [4.69, 9.17) is 5.73 Å². The first-order chi connectivity index (χ1) is 6.53. The molecule has 1 saturated carbocycles. The molecule has 0 spiro atoms. The standard InChI is InChI=1S/C10H10BrF2N/c11-7-5-9(13)8(12)4-6(7)10(14)2-1-3-10/h4-5H,1-3,14H2. The fourth-order valence-electron chi connectivity index (χ4n) is 1.73. The molecule has 1 aromatic rings. The molecular formula is C10H10BrF2N. The third-order valence-corrected chi connectivity index (χ3v) is 3.45. The van der Waals surface area contributed by atoms with Gasteiger partial charge < -0.3 is 5.73 Å². The van der Waals surface area contributed by atoms with E-state index in [0.29, 0.717) is 10.0 Å². The zero-order valence-corrected chi connectivity index (χ0v) is 9.07. The van der Waals surface area contributed by atoms with Gasteiger partial charge in [-0.2, -0.15) is 0 Å². The minimum Gasteiger partial charge on any atom is -0.321 e. The highest BCUT2D eigenvalue weighted by Gasteiger charge is 2.36. The molecule has 76 valence electrons. The molecule has 0 bridgehead atoms. The summed E-state index contributed by atoms with van der Waals surface area (Å²) in [4.78, 5) is 0. The van der Waals surface area contributed by atoms with Gasteiger partial charge >= 0.3 is 0 Å². The van der Waals surface area contributed by atoms with E-state index in [-0.39, 0.29) is 0 Å². The molecule has 4 heteroatoms. The van der Waals surface area contributed by atoms with Gasteiger partial charge in [0, 0.05) is 10.0 Å². The Bertz CT molecular complexity index is 375. The van der Waals surface area contributed by atoms with Crippen LogP contribution in [0.1, 0.15) is 24.8 Å². The van der Waals surface area contributed by atoms with Crippen molar-refractivity contribution in [3.8, 4) is 0 Å². The van der Waals surface area contributed by atoms with E-state index in [1.165, 1.54) is 6.07 Å². The molecular weight excluding hydrogens is 252 g/mol. The molecule has 0 radical (unpaired) electrons. The lowest BCUT2D eigenvalue weighted by Gasteiger charge is -2.39. The highest BCUT2D eigenvalue weighted by molar-refractivity contribution is 9.10. The van der Waals surface area contributed by atoms with E-state index < -0.39 is 17.2 Å². The topological polar surface area (TPSA) is 26.0 Å². The van der Waals surface area contributed by atoms with Crippen LogP contribution >= 0.6 is 15.9 Å². The van der Waals surface area contributed by atoms with E-state index in [2.05, 4.69) is 15.9 Å². The van der Waals surface area contributed by atoms with Gasteiger partial charge in [0.15, 0.2) is 11.6 Å². The second-order valence-corrected chi connectivity index (χ2v) is 4.61. The molecule has 0 atom stereocenters. The predicted octanol–water partition coefficient (Wildman–Crippen LogP) is 3.07. The van der Waals surface area contributed by atoms with Crippen molar-refractivity contribution in [2.75, 3.05) is 0 Å². The van der Waals surface area contributed by atoms with Crippen molar-refractivity contribution in [2.24, 2.45) is 5.73 Å². The first kappa shape index (κ1) is 10.1. The summed E-state index contributed by atoms with van der Waals surface area (Å²) in [6.07, 6.45) is 2.70. The lowest BCUT2D eigenvalue weighted by Crippen LogP contribution is -2.43. The Balaban J connectivity index is 2.48. The zero-order valence-electron chi connectivity index (χ0n) is 7.49. The lowest BCUT2D eigenvalue weighted by atomic mass is 9.73. The molecule has 1 aliphatic carbocycles. The van der Waals surface area contributed by atoms with Crippen molar-refractivity contribution < 1.29 is 8.78 Å². The Morgan fingerprint density at radius 2 is 1.79 bits per heavy atom. The smallest absolute Gasteiger partial charge is 0.159 e. The second kappa shape index (κ2) is 3.28. The number of benzene rings is 1. The number of rotatable bonds is 1. The number of halogens is 3. The van der Waals surface area contributed by atoms with Crippen LogP contribution in [0.25, 0.3) is 0 Å². The van der Waals surface area contributed by atoms with Crippen molar-refractivity contribution in [3.05, 3.63) is 33.8 Å². The van der Waals surface area contributed by atoms with E-state index in [1.807, 2.05) is 0 Å². The Kier molecular flexibility index (Phi) is 2.35. The largest absolute Gasteiger partial charge is 0.321 e. The fourth-order valence-corrected chi connectivity index (χ4v) is 2.44. The summed E-state index contributed by atoms with van der Waals surface area (Å²) in [5.74, 6) is -1.68. The average Bonchev–Trinajstić information content (AvgIpc) is 2.07. The van der Waals surface area contributed by atoms with Crippen LogP contribution in [0.2, 0.25) is 0 Å². The van der Waals surface area contributed by atoms with Crippen molar-refractivity contribution >= 4 is 15.9 Å². The molecule has 0 heterocycles. The van der Waals surface area contributed by atoms with Crippen LogP contribution < -0.4 is 5.73 Å². The summed E-state index contributed by atoms with van der Waals surface area (Å²) in [5, 5.41) is 0.